The number of nitrogens with zero attached hydrogens (tertiary/aromatic N) is 1. The first-order valence-electron chi connectivity index (χ1n) is 21.2. The van der Waals surface area contributed by atoms with Gasteiger partial charge < -0.3 is 9.32 Å². The number of rotatable bonds is 7. The summed E-state index contributed by atoms with van der Waals surface area (Å²) in [4.78, 5) is 2.37. The number of para-hydroxylation sites is 1. The molecular weight excluding hydrogens is 751 g/mol. The third kappa shape index (κ3) is 6.20. The molecule has 0 unspecified atom stereocenters. The molecule has 0 aliphatic heterocycles. The number of fused-ring (bicyclic) bond motifs is 7. The Kier molecular flexibility index (Phi) is 8.53. The number of benzene rings is 11. The van der Waals surface area contributed by atoms with Crippen molar-refractivity contribution in [2.45, 2.75) is 0 Å². The molecule has 2 nitrogen and oxygen atoms in total. The van der Waals surface area contributed by atoms with Gasteiger partial charge >= 0.3 is 0 Å². The van der Waals surface area contributed by atoms with E-state index in [9.17, 15) is 0 Å². The second-order valence-electron chi connectivity index (χ2n) is 16.1. The molecule has 0 saturated heterocycles. The summed E-state index contributed by atoms with van der Waals surface area (Å²) in [6.07, 6.45) is 0. The summed E-state index contributed by atoms with van der Waals surface area (Å²) >= 11 is 0. The molecule has 12 rings (SSSR count). The number of furan rings is 1. The molecule has 0 fully saturated rings. The molecule has 290 valence electrons. The lowest BCUT2D eigenvalue weighted by Crippen LogP contribution is -2.10. The van der Waals surface area contributed by atoms with Gasteiger partial charge in [-0.1, -0.05) is 182 Å². The van der Waals surface area contributed by atoms with Crippen LogP contribution in [0.4, 0.5) is 17.1 Å². The highest BCUT2D eigenvalue weighted by molar-refractivity contribution is 6.13. The van der Waals surface area contributed by atoms with E-state index in [4.69, 9.17) is 4.42 Å². The second kappa shape index (κ2) is 14.8. The van der Waals surface area contributed by atoms with Gasteiger partial charge in [0, 0.05) is 27.8 Å². The maximum Gasteiger partial charge on any atom is 0.136 e. The molecule has 0 aliphatic rings. The van der Waals surface area contributed by atoms with E-state index in [1.54, 1.807) is 0 Å². The van der Waals surface area contributed by atoms with Crippen molar-refractivity contribution >= 4 is 71.3 Å². The zero-order valence-electron chi connectivity index (χ0n) is 33.9. The van der Waals surface area contributed by atoms with Crippen LogP contribution in [0.3, 0.4) is 0 Å². The van der Waals surface area contributed by atoms with Crippen molar-refractivity contribution in [2.75, 3.05) is 4.90 Å². The average molecular weight is 790 g/mol. The molecule has 12 aromatic rings. The molecule has 0 aliphatic carbocycles. The lowest BCUT2D eigenvalue weighted by Gasteiger charge is -2.26. The molecule has 0 bridgehead atoms. The molecule has 1 heterocycles. The van der Waals surface area contributed by atoms with Crippen LogP contribution in [0.2, 0.25) is 0 Å². The molecule has 1 aromatic heterocycles. The van der Waals surface area contributed by atoms with Crippen molar-refractivity contribution in [3.63, 3.8) is 0 Å². The van der Waals surface area contributed by atoms with Gasteiger partial charge in [-0.25, -0.2) is 0 Å². The quantitative estimate of drug-likeness (QED) is 0.150. The van der Waals surface area contributed by atoms with Gasteiger partial charge in [-0.15, -0.1) is 0 Å². The van der Waals surface area contributed by atoms with Crippen molar-refractivity contribution < 1.29 is 4.42 Å². The summed E-state index contributed by atoms with van der Waals surface area (Å²) < 4.78 is 6.26. The topological polar surface area (TPSA) is 16.4 Å². The van der Waals surface area contributed by atoms with Crippen LogP contribution in [-0.2, 0) is 0 Å². The van der Waals surface area contributed by atoms with Gasteiger partial charge in [0.2, 0.25) is 0 Å². The van der Waals surface area contributed by atoms with Crippen molar-refractivity contribution in [3.8, 4) is 44.5 Å². The van der Waals surface area contributed by atoms with E-state index in [0.29, 0.717) is 0 Å². The summed E-state index contributed by atoms with van der Waals surface area (Å²) in [6.45, 7) is 0. The van der Waals surface area contributed by atoms with E-state index < -0.39 is 0 Å². The molecule has 2 heteroatoms. The van der Waals surface area contributed by atoms with E-state index in [1.807, 2.05) is 12.1 Å². The van der Waals surface area contributed by atoms with Crippen LogP contribution in [0.1, 0.15) is 0 Å². The normalized spacial score (nSPS) is 11.5. The lowest BCUT2D eigenvalue weighted by molar-refractivity contribution is 0.669. The van der Waals surface area contributed by atoms with Gasteiger partial charge in [0.25, 0.3) is 0 Å². The number of anilines is 3. The van der Waals surface area contributed by atoms with Gasteiger partial charge in [-0.2, -0.15) is 0 Å². The van der Waals surface area contributed by atoms with Crippen molar-refractivity contribution in [2.24, 2.45) is 0 Å². The first-order chi connectivity index (χ1) is 30.7. The molecule has 0 atom stereocenters. The highest BCUT2D eigenvalue weighted by atomic mass is 16.3. The zero-order valence-corrected chi connectivity index (χ0v) is 33.9. The largest absolute Gasteiger partial charge is 0.456 e. The van der Waals surface area contributed by atoms with Crippen molar-refractivity contribution in [1.82, 2.24) is 0 Å². The molecule has 0 amide bonds. The smallest absolute Gasteiger partial charge is 0.136 e. The fraction of sp³-hybridized carbons (Fsp3) is 0. The van der Waals surface area contributed by atoms with Crippen LogP contribution in [-0.4, -0.2) is 0 Å². The summed E-state index contributed by atoms with van der Waals surface area (Å²) in [7, 11) is 0. The Morgan fingerprint density at radius 2 is 0.790 bits per heavy atom. The van der Waals surface area contributed by atoms with Crippen molar-refractivity contribution in [1.29, 1.82) is 0 Å². The highest BCUT2D eigenvalue weighted by Gasteiger charge is 2.17. The Hall–Kier alpha value is -8.20. The van der Waals surface area contributed by atoms with E-state index in [-0.39, 0.29) is 0 Å². The maximum absolute atomic E-state index is 6.26. The Balaban J connectivity index is 0.938. The molecule has 0 radical (unpaired) electrons. The summed E-state index contributed by atoms with van der Waals surface area (Å²) in [6, 6.07) is 85.5. The van der Waals surface area contributed by atoms with Crippen LogP contribution >= 0.6 is 0 Å². The van der Waals surface area contributed by atoms with Crippen LogP contribution in [0, 0.1) is 0 Å². The third-order valence-electron chi connectivity index (χ3n) is 12.5. The van der Waals surface area contributed by atoms with Crippen LogP contribution in [0.25, 0.3) is 98.8 Å². The fourth-order valence-electron chi connectivity index (χ4n) is 9.38. The van der Waals surface area contributed by atoms with Gasteiger partial charge in [-0.05, 0) is 131 Å². The first-order valence-corrected chi connectivity index (χ1v) is 21.2. The maximum atomic E-state index is 6.26. The summed E-state index contributed by atoms with van der Waals surface area (Å²) in [5, 5.41) is 9.84. The zero-order chi connectivity index (χ0) is 41.0. The summed E-state index contributed by atoms with van der Waals surface area (Å²) in [5.41, 5.74) is 14.5. The van der Waals surface area contributed by atoms with Gasteiger partial charge in [0.05, 0.1) is 0 Å². The predicted octanol–water partition coefficient (Wildman–Crippen LogP) is 17.2. The Morgan fingerprint density at radius 3 is 1.56 bits per heavy atom. The van der Waals surface area contributed by atoms with E-state index in [1.165, 1.54) is 60.1 Å². The average Bonchev–Trinajstić information content (AvgIpc) is 3.73. The number of hydrogen-bond donors (Lipinski definition) is 0. The third-order valence-corrected chi connectivity index (χ3v) is 12.5. The molecule has 62 heavy (non-hydrogen) atoms. The molecule has 11 aromatic carbocycles. The number of hydrogen-bond acceptors (Lipinski definition) is 2. The standard InChI is InChI=1S/C60H39NO/c1-2-12-46-38-48(27-26-40(46)10-1)42-24-22-41(23-25-42)47-13-7-14-51(39-47)61(50-35-30-45(31-36-50)54-18-9-21-59-60(54)57-16-5-6-20-58(57)62-59)49-33-28-44(29-34-49)53-17-8-19-55-52-15-4-3-11-43(52)32-37-56(53)55/h1-39H. The van der Waals surface area contributed by atoms with Gasteiger partial charge in [0.15, 0.2) is 0 Å². The second-order valence-corrected chi connectivity index (χ2v) is 16.1. The fourth-order valence-corrected chi connectivity index (χ4v) is 9.38. The van der Waals surface area contributed by atoms with Crippen LogP contribution in [0.5, 0.6) is 0 Å². The minimum absolute atomic E-state index is 0.899. The van der Waals surface area contributed by atoms with Crippen molar-refractivity contribution in [3.05, 3.63) is 237 Å². The first kappa shape index (κ1) is 35.7. The molecule has 0 N–H and O–H groups in total. The predicted molar refractivity (Wildman–Crippen MR) is 263 cm³/mol. The summed E-state index contributed by atoms with van der Waals surface area (Å²) in [5.74, 6) is 0. The van der Waals surface area contributed by atoms with Gasteiger partial charge in [0.1, 0.15) is 11.2 Å². The Morgan fingerprint density at radius 1 is 0.258 bits per heavy atom. The Labute approximate surface area is 360 Å². The highest BCUT2D eigenvalue weighted by Crippen LogP contribution is 2.42. The van der Waals surface area contributed by atoms with E-state index in [2.05, 4.69) is 229 Å². The van der Waals surface area contributed by atoms with Crippen LogP contribution in [0.15, 0.2) is 241 Å². The Bertz CT molecular complexity index is 3620. The van der Waals surface area contributed by atoms with E-state index in [0.717, 1.165) is 55.7 Å². The monoisotopic (exact) mass is 789 g/mol. The van der Waals surface area contributed by atoms with E-state index >= 15 is 0 Å². The lowest BCUT2D eigenvalue weighted by atomic mass is 9.94. The van der Waals surface area contributed by atoms with Gasteiger partial charge in [-0.3, -0.25) is 0 Å². The minimum atomic E-state index is 0.899. The molecule has 0 spiro atoms. The van der Waals surface area contributed by atoms with Crippen LogP contribution < -0.4 is 4.90 Å². The molecule has 0 saturated carbocycles. The SMILES string of the molecule is c1cc(-c2ccc(-c3ccc4ccccc4c3)cc2)cc(N(c2ccc(-c3cccc4c3ccc3ccccc34)cc2)c2ccc(-c3cccc4oc5ccccc5c34)cc2)c1. The minimum Gasteiger partial charge on any atom is -0.456 e. The molecular formula is C60H39NO.